The van der Waals surface area contributed by atoms with Gasteiger partial charge in [-0.1, -0.05) is 6.92 Å². The number of rotatable bonds is 5. The highest BCUT2D eigenvalue weighted by Gasteiger charge is 2.36. The van der Waals surface area contributed by atoms with Crippen LogP contribution in [0.25, 0.3) is 0 Å². The number of nitrogens with zero attached hydrogens (tertiary/aromatic N) is 4. The van der Waals surface area contributed by atoms with E-state index in [2.05, 4.69) is 22.4 Å². The lowest BCUT2D eigenvalue weighted by Crippen LogP contribution is -2.23. The zero-order valence-corrected chi connectivity index (χ0v) is 11.5. The molecule has 1 aromatic rings. The fourth-order valence-electron chi connectivity index (χ4n) is 2.32. The van der Waals surface area contributed by atoms with Crippen LogP contribution in [0.2, 0.25) is 0 Å². The molecule has 6 nitrogen and oxygen atoms in total. The largest absolute Gasteiger partial charge is 0.481 e. The molecule has 0 aromatic carbocycles. The van der Waals surface area contributed by atoms with Crippen LogP contribution in [-0.2, 0) is 16.1 Å². The highest BCUT2D eigenvalue weighted by Crippen LogP contribution is 2.45. The molecule has 0 aliphatic carbocycles. The molecular formula is C11H18N4O2S. The summed E-state index contributed by atoms with van der Waals surface area (Å²) < 4.78 is 1.75. The van der Waals surface area contributed by atoms with Crippen LogP contribution in [0, 0.1) is 5.92 Å². The molecule has 2 heterocycles. The molecule has 0 spiro atoms. The molecule has 18 heavy (non-hydrogen) atoms. The van der Waals surface area contributed by atoms with E-state index in [1.165, 1.54) is 6.42 Å². The van der Waals surface area contributed by atoms with Gasteiger partial charge < -0.3 is 5.11 Å². The van der Waals surface area contributed by atoms with Gasteiger partial charge >= 0.3 is 5.97 Å². The van der Waals surface area contributed by atoms with Crippen LogP contribution in [0.15, 0.2) is 0 Å². The lowest BCUT2D eigenvalue weighted by atomic mass is 10.0. The zero-order chi connectivity index (χ0) is 13.2. The third-order valence-electron chi connectivity index (χ3n) is 3.23. The van der Waals surface area contributed by atoms with Gasteiger partial charge in [0.2, 0.25) is 0 Å². The SMILES string of the molecule is CC(CC(=O)O)Cn1nnnc1C1(C)CCCS1. The summed E-state index contributed by atoms with van der Waals surface area (Å²) in [5, 5.41) is 20.7. The van der Waals surface area contributed by atoms with Crippen molar-refractivity contribution in [3.63, 3.8) is 0 Å². The van der Waals surface area contributed by atoms with E-state index >= 15 is 0 Å². The Balaban J connectivity index is 2.10. The van der Waals surface area contributed by atoms with E-state index < -0.39 is 5.97 Å². The molecule has 2 unspecified atom stereocenters. The van der Waals surface area contributed by atoms with Gasteiger partial charge in [0.05, 0.1) is 4.75 Å². The topological polar surface area (TPSA) is 80.9 Å². The van der Waals surface area contributed by atoms with Crippen molar-refractivity contribution in [2.24, 2.45) is 5.92 Å². The molecule has 7 heteroatoms. The van der Waals surface area contributed by atoms with E-state index in [0.29, 0.717) is 6.54 Å². The van der Waals surface area contributed by atoms with Crippen molar-refractivity contribution in [3.8, 4) is 0 Å². The Labute approximate surface area is 110 Å². The average molecular weight is 270 g/mol. The Bertz CT molecular complexity index is 428. The van der Waals surface area contributed by atoms with Crippen molar-refractivity contribution in [2.45, 2.75) is 44.4 Å². The normalized spacial score (nSPS) is 25.2. The molecule has 1 aliphatic heterocycles. The summed E-state index contributed by atoms with van der Waals surface area (Å²) in [6.45, 7) is 4.63. The predicted octanol–water partition coefficient (Wildman–Crippen LogP) is 1.53. The molecule has 2 rings (SSSR count). The number of carboxylic acid groups (broad SMARTS) is 1. The number of aliphatic carboxylic acids is 1. The maximum atomic E-state index is 10.7. The van der Waals surface area contributed by atoms with E-state index in [0.717, 1.165) is 18.0 Å². The van der Waals surface area contributed by atoms with Crippen LogP contribution in [0.3, 0.4) is 0 Å². The lowest BCUT2D eigenvalue weighted by Gasteiger charge is -2.22. The molecular weight excluding hydrogens is 252 g/mol. The van der Waals surface area contributed by atoms with Crippen LogP contribution >= 0.6 is 11.8 Å². The molecule has 1 saturated heterocycles. The molecule has 1 aliphatic rings. The summed E-state index contributed by atoms with van der Waals surface area (Å²) in [5.74, 6) is 1.26. The Morgan fingerprint density at radius 2 is 2.44 bits per heavy atom. The van der Waals surface area contributed by atoms with Gasteiger partial charge in [0.15, 0.2) is 5.82 Å². The van der Waals surface area contributed by atoms with Crippen molar-refractivity contribution in [2.75, 3.05) is 5.75 Å². The highest BCUT2D eigenvalue weighted by atomic mass is 32.2. The maximum Gasteiger partial charge on any atom is 0.303 e. The third kappa shape index (κ3) is 2.82. The van der Waals surface area contributed by atoms with E-state index in [9.17, 15) is 4.79 Å². The van der Waals surface area contributed by atoms with Crippen LogP contribution in [-0.4, -0.2) is 37.0 Å². The minimum Gasteiger partial charge on any atom is -0.481 e. The number of tetrazole rings is 1. The summed E-state index contributed by atoms with van der Waals surface area (Å²) >= 11 is 1.88. The molecule has 1 N–H and O–H groups in total. The first-order chi connectivity index (χ1) is 8.51. The fraction of sp³-hybridized carbons (Fsp3) is 0.818. The van der Waals surface area contributed by atoms with Gasteiger partial charge in [0.1, 0.15) is 0 Å². The first-order valence-corrected chi connectivity index (χ1v) is 7.12. The van der Waals surface area contributed by atoms with Crippen molar-refractivity contribution in [3.05, 3.63) is 5.82 Å². The van der Waals surface area contributed by atoms with E-state index in [1.807, 2.05) is 18.7 Å². The number of thioether (sulfide) groups is 1. The second-order valence-electron chi connectivity index (χ2n) is 5.07. The van der Waals surface area contributed by atoms with Crippen molar-refractivity contribution < 1.29 is 9.90 Å². The minimum absolute atomic E-state index is 0.0214. The van der Waals surface area contributed by atoms with Gasteiger partial charge in [-0.05, 0) is 41.9 Å². The van der Waals surface area contributed by atoms with Gasteiger partial charge in [-0.25, -0.2) is 4.68 Å². The number of carboxylic acids is 1. The quantitative estimate of drug-likeness (QED) is 0.873. The minimum atomic E-state index is -0.779. The van der Waals surface area contributed by atoms with Crippen LogP contribution < -0.4 is 0 Å². The van der Waals surface area contributed by atoms with Crippen LogP contribution in [0.4, 0.5) is 0 Å². The first kappa shape index (κ1) is 13.3. The summed E-state index contributed by atoms with van der Waals surface area (Å²) in [4.78, 5) is 10.7. The highest BCUT2D eigenvalue weighted by molar-refractivity contribution is 8.00. The van der Waals surface area contributed by atoms with E-state index in [4.69, 9.17) is 5.11 Å². The fourth-order valence-corrected chi connectivity index (χ4v) is 3.62. The van der Waals surface area contributed by atoms with Crippen LogP contribution in [0.5, 0.6) is 0 Å². The van der Waals surface area contributed by atoms with Gasteiger partial charge in [0, 0.05) is 13.0 Å². The Morgan fingerprint density at radius 1 is 1.67 bits per heavy atom. The van der Waals surface area contributed by atoms with Crippen LogP contribution in [0.1, 0.15) is 38.9 Å². The standard InChI is InChI=1S/C11H18N4O2S/c1-8(6-9(16)17)7-15-10(12-13-14-15)11(2)4-3-5-18-11/h8H,3-7H2,1-2H3,(H,16,17). The Morgan fingerprint density at radius 3 is 3.06 bits per heavy atom. The maximum absolute atomic E-state index is 10.7. The number of hydrogen-bond donors (Lipinski definition) is 1. The molecule has 0 amide bonds. The lowest BCUT2D eigenvalue weighted by molar-refractivity contribution is -0.138. The molecule has 1 fully saturated rings. The second kappa shape index (κ2) is 5.26. The molecule has 2 atom stereocenters. The monoisotopic (exact) mass is 270 g/mol. The molecule has 100 valence electrons. The van der Waals surface area contributed by atoms with Gasteiger partial charge in [-0.3, -0.25) is 4.79 Å². The first-order valence-electron chi connectivity index (χ1n) is 6.13. The molecule has 1 aromatic heterocycles. The van der Waals surface area contributed by atoms with Crippen molar-refractivity contribution in [1.82, 2.24) is 20.2 Å². The summed E-state index contributed by atoms with van der Waals surface area (Å²) in [5.41, 5.74) is 0. The number of carbonyl (C=O) groups is 1. The third-order valence-corrected chi connectivity index (χ3v) is 4.75. The smallest absolute Gasteiger partial charge is 0.303 e. The summed E-state index contributed by atoms with van der Waals surface area (Å²) in [7, 11) is 0. The molecule has 0 bridgehead atoms. The van der Waals surface area contributed by atoms with Gasteiger partial charge in [-0.2, -0.15) is 0 Å². The second-order valence-corrected chi connectivity index (χ2v) is 6.67. The summed E-state index contributed by atoms with van der Waals surface area (Å²) in [6.07, 6.45) is 2.40. The Kier molecular flexibility index (Phi) is 3.89. The molecule has 0 radical (unpaired) electrons. The Hall–Kier alpha value is -1.11. The van der Waals surface area contributed by atoms with Crippen molar-refractivity contribution in [1.29, 1.82) is 0 Å². The average Bonchev–Trinajstić information content (AvgIpc) is 2.86. The summed E-state index contributed by atoms with van der Waals surface area (Å²) in [6, 6.07) is 0. The van der Waals surface area contributed by atoms with Gasteiger partial charge in [0.25, 0.3) is 0 Å². The predicted molar refractivity (Wildman–Crippen MR) is 68.3 cm³/mol. The van der Waals surface area contributed by atoms with Gasteiger partial charge in [-0.15, -0.1) is 16.9 Å². The van der Waals surface area contributed by atoms with E-state index in [1.54, 1.807) is 4.68 Å². The van der Waals surface area contributed by atoms with Crippen molar-refractivity contribution >= 4 is 17.7 Å². The van der Waals surface area contributed by atoms with E-state index in [-0.39, 0.29) is 17.1 Å². The number of aromatic nitrogens is 4. The molecule has 0 saturated carbocycles. The zero-order valence-electron chi connectivity index (χ0n) is 10.7. The number of hydrogen-bond acceptors (Lipinski definition) is 5.